The molecule has 0 aliphatic carbocycles. The molecule has 2 N–H and O–H groups in total. The molecule has 156 valence electrons. The monoisotopic (exact) mass is 425 g/mol. The Morgan fingerprint density at radius 1 is 1.20 bits per heavy atom. The number of ether oxygens (including phenoxy) is 1. The normalized spacial score (nSPS) is 17.9. The van der Waals surface area contributed by atoms with Gasteiger partial charge >= 0.3 is 5.97 Å². The van der Waals surface area contributed by atoms with E-state index in [0.717, 1.165) is 12.0 Å². The lowest BCUT2D eigenvalue weighted by molar-refractivity contribution is 0.0366. The van der Waals surface area contributed by atoms with Gasteiger partial charge in [0.25, 0.3) is 5.56 Å². The third kappa shape index (κ3) is 3.94. The van der Waals surface area contributed by atoms with Crippen LogP contribution >= 0.6 is 0 Å². The Balaban J connectivity index is 1.65. The van der Waals surface area contributed by atoms with E-state index in [9.17, 15) is 13.8 Å². The van der Waals surface area contributed by atoms with Crippen molar-refractivity contribution >= 4 is 27.7 Å². The van der Waals surface area contributed by atoms with Gasteiger partial charge in [0, 0.05) is 36.1 Å². The molecule has 2 atom stereocenters. The Kier molecular flexibility index (Phi) is 5.80. The second-order valence-electron chi connectivity index (χ2n) is 7.38. The van der Waals surface area contributed by atoms with Crippen LogP contribution in [-0.4, -0.2) is 38.2 Å². The zero-order chi connectivity index (χ0) is 21.3. The number of aromatic nitrogens is 1. The molecule has 2 unspecified atom stereocenters. The predicted molar refractivity (Wildman–Crippen MR) is 115 cm³/mol. The average Bonchev–Trinajstić information content (AvgIpc) is 3.21. The molecular formula is C22H23N3O4S. The van der Waals surface area contributed by atoms with E-state index in [1.54, 1.807) is 48.7 Å². The van der Waals surface area contributed by atoms with E-state index in [0.29, 0.717) is 34.3 Å². The first kappa shape index (κ1) is 20.5. The largest absolute Gasteiger partial charge is 0.440 e. The number of esters is 1. The number of hydrogen-bond acceptors (Lipinski definition) is 5. The van der Waals surface area contributed by atoms with Gasteiger partial charge in [-0.3, -0.25) is 9.36 Å². The van der Waals surface area contributed by atoms with Gasteiger partial charge in [-0.2, -0.15) is 0 Å². The summed E-state index contributed by atoms with van der Waals surface area (Å²) in [7, 11) is -1.40. The first-order valence-corrected chi connectivity index (χ1v) is 10.8. The van der Waals surface area contributed by atoms with Crippen molar-refractivity contribution in [2.24, 2.45) is 5.73 Å². The van der Waals surface area contributed by atoms with Gasteiger partial charge in [0.05, 0.1) is 10.5 Å². The van der Waals surface area contributed by atoms with Gasteiger partial charge in [-0.05, 0) is 43.2 Å². The van der Waals surface area contributed by atoms with Crippen molar-refractivity contribution < 1.29 is 13.7 Å². The second kappa shape index (κ2) is 8.51. The molecule has 0 amide bonds. The summed E-state index contributed by atoms with van der Waals surface area (Å²) < 4.78 is 21.6. The molecule has 1 aromatic heterocycles. The van der Waals surface area contributed by atoms with Gasteiger partial charge in [-0.15, -0.1) is 0 Å². The molecule has 0 radical (unpaired) electrons. The van der Waals surface area contributed by atoms with Crippen molar-refractivity contribution in [3.05, 3.63) is 76.2 Å². The lowest BCUT2D eigenvalue weighted by Gasteiger charge is -2.17. The van der Waals surface area contributed by atoms with Crippen LogP contribution in [0.2, 0.25) is 0 Å². The van der Waals surface area contributed by atoms with Crippen molar-refractivity contribution in [2.45, 2.75) is 31.0 Å². The van der Waals surface area contributed by atoms with Gasteiger partial charge in [0.2, 0.25) is 0 Å². The summed E-state index contributed by atoms with van der Waals surface area (Å²) in [5.41, 5.74) is 6.86. The Labute approximate surface area is 176 Å². The van der Waals surface area contributed by atoms with Crippen molar-refractivity contribution in [3.63, 3.8) is 0 Å². The van der Waals surface area contributed by atoms with Gasteiger partial charge < -0.3 is 10.5 Å². The highest BCUT2D eigenvalue weighted by atomic mass is 32.2. The third-order valence-electron chi connectivity index (χ3n) is 5.22. The molecule has 2 aromatic carbocycles. The molecule has 4 rings (SSSR count). The Hall–Kier alpha value is -2.81. The second-order valence-corrected chi connectivity index (χ2v) is 8.83. The summed E-state index contributed by atoms with van der Waals surface area (Å²) >= 11 is 0. The Morgan fingerprint density at radius 2 is 1.97 bits per heavy atom. The van der Waals surface area contributed by atoms with Gasteiger partial charge in [-0.25, -0.2) is 13.3 Å². The molecule has 3 aromatic rings. The zero-order valence-corrected chi connectivity index (χ0v) is 17.4. The maximum Gasteiger partial charge on any atom is 0.339 e. The lowest BCUT2D eigenvalue weighted by Crippen LogP contribution is -2.29. The fraction of sp³-hybridized carbons (Fsp3) is 0.273. The first-order valence-electron chi connectivity index (χ1n) is 9.73. The van der Waals surface area contributed by atoms with Crippen LogP contribution in [-0.2, 0) is 22.5 Å². The van der Waals surface area contributed by atoms with Crippen LogP contribution in [0.1, 0.15) is 22.3 Å². The number of carbonyl (C=O) groups is 1. The summed E-state index contributed by atoms with van der Waals surface area (Å²) in [6.45, 7) is 2.88. The highest BCUT2D eigenvalue weighted by Crippen LogP contribution is 2.26. The van der Waals surface area contributed by atoms with Crippen molar-refractivity contribution in [3.8, 4) is 0 Å². The van der Waals surface area contributed by atoms with Crippen LogP contribution in [0, 0.1) is 6.92 Å². The van der Waals surface area contributed by atoms with Crippen LogP contribution in [0.3, 0.4) is 0 Å². The maximum absolute atomic E-state index is 13.1. The van der Waals surface area contributed by atoms with E-state index < -0.39 is 17.0 Å². The molecule has 0 spiro atoms. The summed E-state index contributed by atoms with van der Waals surface area (Å²) in [5.74, 6) is -0.500. The summed E-state index contributed by atoms with van der Waals surface area (Å²) in [6, 6.07) is 13.9. The van der Waals surface area contributed by atoms with Gasteiger partial charge in [0.15, 0.2) is 6.73 Å². The number of nitrogens with two attached hydrogens (primary N) is 1. The predicted octanol–water partition coefficient (Wildman–Crippen LogP) is 2.18. The number of nitrogens with zero attached hydrogens (tertiary/aromatic N) is 2. The van der Waals surface area contributed by atoms with E-state index >= 15 is 0 Å². The number of aryl methyl sites for hydroxylation is 1. The maximum atomic E-state index is 13.1. The van der Waals surface area contributed by atoms with E-state index in [4.69, 9.17) is 10.5 Å². The molecular weight excluding hydrogens is 402 g/mol. The standard InChI is InChI=1S/C22H23N3O4S/c1-15-12-24(14-29-22(27)16-6-3-2-4-7-16)21(26)18-8-5-9-19(20(15)18)30(28)25-11-10-17(23)13-25/h2-9,12,17H,10-11,13-14,23H2,1H3. The van der Waals surface area contributed by atoms with E-state index in [1.807, 2.05) is 17.3 Å². The fourth-order valence-electron chi connectivity index (χ4n) is 3.70. The minimum absolute atomic E-state index is 0.0153. The fourth-order valence-corrected chi connectivity index (χ4v) is 5.22. The number of rotatable bonds is 5. The SMILES string of the molecule is Cc1cn(COC(=O)c2ccccc2)c(=O)c2cccc(S(=O)N3CCC(N)C3)c12. The average molecular weight is 426 g/mol. The molecule has 0 saturated carbocycles. The van der Waals surface area contributed by atoms with Crippen molar-refractivity contribution in [1.82, 2.24) is 8.87 Å². The number of benzene rings is 2. The van der Waals surface area contributed by atoms with E-state index in [2.05, 4.69) is 0 Å². The number of pyridine rings is 1. The summed E-state index contributed by atoms with van der Waals surface area (Å²) in [6.07, 6.45) is 2.44. The molecule has 0 bridgehead atoms. The zero-order valence-electron chi connectivity index (χ0n) is 16.6. The van der Waals surface area contributed by atoms with Crippen LogP contribution in [0.4, 0.5) is 0 Å². The third-order valence-corrected chi connectivity index (χ3v) is 6.73. The summed E-state index contributed by atoms with van der Waals surface area (Å²) in [4.78, 5) is 25.8. The molecule has 1 aliphatic heterocycles. The molecule has 1 saturated heterocycles. The van der Waals surface area contributed by atoms with Crippen LogP contribution in [0.5, 0.6) is 0 Å². The quantitative estimate of drug-likeness (QED) is 0.633. The number of fused-ring (bicyclic) bond motifs is 1. The smallest absolute Gasteiger partial charge is 0.339 e. The van der Waals surface area contributed by atoms with Crippen molar-refractivity contribution in [2.75, 3.05) is 13.1 Å². The molecule has 7 nitrogen and oxygen atoms in total. The highest BCUT2D eigenvalue weighted by Gasteiger charge is 2.26. The topological polar surface area (TPSA) is 94.6 Å². The van der Waals surface area contributed by atoms with E-state index in [1.165, 1.54) is 4.57 Å². The molecule has 1 aliphatic rings. The van der Waals surface area contributed by atoms with Crippen LogP contribution in [0.15, 0.2) is 64.4 Å². The van der Waals surface area contributed by atoms with Crippen LogP contribution < -0.4 is 11.3 Å². The summed E-state index contributed by atoms with van der Waals surface area (Å²) in [5, 5.41) is 1.12. The number of hydrogen-bond donors (Lipinski definition) is 1. The molecule has 2 heterocycles. The first-order chi connectivity index (χ1) is 14.5. The van der Waals surface area contributed by atoms with Gasteiger partial charge in [-0.1, -0.05) is 24.3 Å². The van der Waals surface area contributed by atoms with Crippen molar-refractivity contribution in [1.29, 1.82) is 0 Å². The molecule has 1 fully saturated rings. The van der Waals surface area contributed by atoms with Crippen LogP contribution in [0.25, 0.3) is 10.8 Å². The Morgan fingerprint density at radius 3 is 2.67 bits per heavy atom. The van der Waals surface area contributed by atoms with Gasteiger partial charge in [0.1, 0.15) is 11.0 Å². The Bertz CT molecular complexity index is 1180. The molecule has 30 heavy (non-hydrogen) atoms. The highest BCUT2D eigenvalue weighted by molar-refractivity contribution is 7.83. The lowest BCUT2D eigenvalue weighted by atomic mass is 10.1. The minimum atomic E-state index is -1.40. The minimum Gasteiger partial charge on any atom is -0.440 e. The molecule has 8 heteroatoms. The number of carbonyl (C=O) groups excluding carboxylic acids is 1. The van der Waals surface area contributed by atoms with E-state index in [-0.39, 0.29) is 18.3 Å².